The summed E-state index contributed by atoms with van der Waals surface area (Å²) in [5, 5.41) is 0.440. The standard InChI is InChI=1S/C13H11Cl2NO3S/c1-19-11-6-5-9(7-10(11)14)8-20(17,18)13-4-2-3-12(15)16-13/h2-7H,8H2,1H3. The van der Waals surface area contributed by atoms with E-state index in [4.69, 9.17) is 27.9 Å². The number of sulfone groups is 1. The summed E-state index contributed by atoms with van der Waals surface area (Å²) in [6.45, 7) is 0. The number of hydrogen-bond acceptors (Lipinski definition) is 4. The Morgan fingerprint density at radius 3 is 2.55 bits per heavy atom. The zero-order chi connectivity index (χ0) is 14.8. The van der Waals surface area contributed by atoms with Gasteiger partial charge in [0.1, 0.15) is 10.9 Å². The largest absolute Gasteiger partial charge is 0.495 e. The van der Waals surface area contributed by atoms with Crippen LogP contribution in [0.3, 0.4) is 0 Å². The maximum absolute atomic E-state index is 12.2. The molecule has 0 atom stereocenters. The summed E-state index contributed by atoms with van der Waals surface area (Å²) >= 11 is 11.7. The van der Waals surface area contributed by atoms with Crippen LogP contribution in [0.5, 0.6) is 5.75 Å². The molecule has 0 spiro atoms. The third-order valence-electron chi connectivity index (χ3n) is 2.58. The molecule has 2 rings (SSSR count). The van der Waals surface area contributed by atoms with Crippen LogP contribution in [0.1, 0.15) is 5.56 Å². The second-order valence-electron chi connectivity index (χ2n) is 4.03. The third-order valence-corrected chi connectivity index (χ3v) is 4.66. The van der Waals surface area contributed by atoms with Crippen molar-refractivity contribution in [2.45, 2.75) is 10.8 Å². The first-order valence-corrected chi connectivity index (χ1v) is 8.01. The highest BCUT2D eigenvalue weighted by atomic mass is 35.5. The van der Waals surface area contributed by atoms with Gasteiger partial charge in [-0.25, -0.2) is 13.4 Å². The molecule has 0 radical (unpaired) electrons. The number of rotatable bonds is 4. The van der Waals surface area contributed by atoms with Crippen molar-refractivity contribution in [1.29, 1.82) is 0 Å². The zero-order valence-electron chi connectivity index (χ0n) is 10.5. The number of nitrogens with zero attached hydrogens (tertiary/aromatic N) is 1. The molecule has 0 bridgehead atoms. The molecule has 0 aliphatic rings. The molecule has 1 heterocycles. The Hall–Kier alpha value is -1.30. The first kappa shape index (κ1) is 15.1. The second-order valence-corrected chi connectivity index (χ2v) is 6.76. The summed E-state index contributed by atoms with van der Waals surface area (Å²) in [4.78, 5) is 3.82. The maximum Gasteiger partial charge on any atom is 0.199 e. The lowest BCUT2D eigenvalue weighted by atomic mass is 10.2. The van der Waals surface area contributed by atoms with Crippen molar-refractivity contribution in [3.63, 3.8) is 0 Å². The van der Waals surface area contributed by atoms with E-state index in [9.17, 15) is 8.42 Å². The molecule has 0 saturated carbocycles. The van der Waals surface area contributed by atoms with E-state index < -0.39 is 9.84 Å². The van der Waals surface area contributed by atoms with Gasteiger partial charge in [-0.1, -0.05) is 35.3 Å². The Labute approximate surface area is 127 Å². The van der Waals surface area contributed by atoms with E-state index in [1.165, 1.54) is 19.2 Å². The van der Waals surface area contributed by atoms with Crippen molar-refractivity contribution < 1.29 is 13.2 Å². The molecule has 7 heteroatoms. The second kappa shape index (κ2) is 5.99. The molecule has 0 amide bonds. The summed E-state index contributed by atoms with van der Waals surface area (Å²) in [7, 11) is -2.07. The number of ether oxygens (including phenoxy) is 1. The Morgan fingerprint density at radius 2 is 1.95 bits per heavy atom. The van der Waals surface area contributed by atoms with Crippen LogP contribution in [-0.4, -0.2) is 20.5 Å². The minimum atomic E-state index is -3.57. The summed E-state index contributed by atoms with van der Waals surface area (Å²) in [6, 6.07) is 9.30. The minimum absolute atomic E-state index is 0.0584. The molecule has 0 saturated heterocycles. The third kappa shape index (κ3) is 3.42. The average Bonchev–Trinajstić information content (AvgIpc) is 2.38. The van der Waals surface area contributed by atoms with E-state index in [0.717, 1.165) is 0 Å². The van der Waals surface area contributed by atoms with E-state index in [2.05, 4.69) is 4.98 Å². The van der Waals surface area contributed by atoms with Crippen molar-refractivity contribution in [3.8, 4) is 5.75 Å². The highest BCUT2D eigenvalue weighted by molar-refractivity contribution is 7.90. The molecule has 2 aromatic rings. The number of halogens is 2. The number of methoxy groups -OCH3 is 1. The fourth-order valence-corrected chi connectivity index (χ4v) is 3.44. The molecule has 0 N–H and O–H groups in total. The minimum Gasteiger partial charge on any atom is -0.495 e. The number of hydrogen-bond donors (Lipinski definition) is 0. The van der Waals surface area contributed by atoms with Gasteiger partial charge in [-0.3, -0.25) is 0 Å². The molecule has 0 unspecified atom stereocenters. The zero-order valence-corrected chi connectivity index (χ0v) is 12.8. The Morgan fingerprint density at radius 1 is 1.20 bits per heavy atom. The van der Waals surface area contributed by atoms with Gasteiger partial charge >= 0.3 is 0 Å². The topological polar surface area (TPSA) is 56.3 Å². The quantitative estimate of drug-likeness (QED) is 0.806. The van der Waals surface area contributed by atoms with E-state index in [1.807, 2.05) is 0 Å². The van der Waals surface area contributed by atoms with E-state index in [-0.39, 0.29) is 15.9 Å². The molecule has 0 aliphatic heterocycles. The lowest BCUT2D eigenvalue weighted by Crippen LogP contribution is -2.07. The monoisotopic (exact) mass is 331 g/mol. The summed E-state index contributed by atoms with van der Waals surface area (Å²) in [6.07, 6.45) is 0. The van der Waals surface area contributed by atoms with Gasteiger partial charge in [-0.2, -0.15) is 0 Å². The molecule has 4 nitrogen and oxygen atoms in total. The van der Waals surface area contributed by atoms with Crippen LogP contribution >= 0.6 is 23.2 Å². The van der Waals surface area contributed by atoms with E-state index in [1.54, 1.807) is 24.3 Å². The van der Waals surface area contributed by atoms with E-state index in [0.29, 0.717) is 16.3 Å². The van der Waals surface area contributed by atoms with Crippen molar-refractivity contribution in [1.82, 2.24) is 4.98 Å². The van der Waals surface area contributed by atoms with Crippen molar-refractivity contribution >= 4 is 33.0 Å². The normalized spacial score (nSPS) is 11.3. The van der Waals surface area contributed by atoms with Crippen molar-refractivity contribution in [3.05, 3.63) is 52.1 Å². The average molecular weight is 332 g/mol. The first-order valence-electron chi connectivity index (χ1n) is 5.60. The van der Waals surface area contributed by atoms with E-state index >= 15 is 0 Å². The molecule has 20 heavy (non-hydrogen) atoms. The summed E-state index contributed by atoms with van der Waals surface area (Å²) in [5.74, 6) is 0.290. The van der Waals surface area contributed by atoms with Gasteiger partial charge in [0.15, 0.2) is 14.9 Å². The maximum atomic E-state index is 12.2. The SMILES string of the molecule is COc1ccc(CS(=O)(=O)c2cccc(Cl)n2)cc1Cl. The van der Waals surface area contributed by atoms with Gasteiger partial charge in [0.05, 0.1) is 17.9 Å². The lowest BCUT2D eigenvalue weighted by molar-refractivity contribution is 0.415. The van der Waals surface area contributed by atoms with Gasteiger partial charge in [-0.15, -0.1) is 0 Å². The molecule has 1 aromatic heterocycles. The van der Waals surface area contributed by atoms with Crippen LogP contribution in [0.4, 0.5) is 0 Å². The Balaban J connectivity index is 2.31. The molecule has 0 aliphatic carbocycles. The highest BCUT2D eigenvalue weighted by Gasteiger charge is 2.18. The van der Waals surface area contributed by atoms with Gasteiger partial charge in [0.25, 0.3) is 0 Å². The molecule has 0 fully saturated rings. The fraction of sp³-hybridized carbons (Fsp3) is 0.154. The van der Waals surface area contributed by atoms with Gasteiger partial charge in [-0.05, 0) is 29.8 Å². The van der Waals surface area contributed by atoms with Crippen LogP contribution in [0.2, 0.25) is 10.2 Å². The molecule has 1 aromatic carbocycles. The molecular formula is C13H11Cl2NO3S. The predicted octanol–water partition coefficient (Wildman–Crippen LogP) is 3.37. The van der Waals surface area contributed by atoms with Crippen LogP contribution in [-0.2, 0) is 15.6 Å². The Kier molecular flexibility index (Phi) is 4.52. The lowest BCUT2D eigenvalue weighted by Gasteiger charge is -2.07. The summed E-state index contributed by atoms with van der Waals surface area (Å²) < 4.78 is 29.5. The number of benzene rings is 1. The van der Waals surface area contributed by atoms with Crippen molar-refractivity contribution in [2.75, 3.05) is 7.11 Å². The fourth-order valence-electron chi connectivity index (χ4n) is 1.66. The highest BCUT2D eigenvalue weighted by Crippen LogP contribution is 2.26. The van der Waals surface area contributed by atoms with Gasteiger partial charge < -0.3 is 4.74 Å². The summed E-state index contributed by atoms with van der Waals surface area (Å²) in [5.41, 5.74) is 0.553. The smallest absolute Gasteiger partial charge is 0.199 e. The number of pyridine rings is 1. The van der Waals surface area contributed by atoms with Crippen LogP contribution in [0.25, 0.3) is 0 Å². The van der Waals surface area contributed by atoms with Crippen LogP contribution < -0.4 is 4.74 Å². The van der Waals surface area contributed by atoms with Crippen LogP contribution in [0.15, 0.2) is 41.4 Å². The molecule has 106 valence electrons. The number of aromatic nitrogens is 1. The van der Waals surface area contributed by atoms with Gasteiger partial charge in [0, 0.05) is 0 Å². The predicted molar refractivity (Wildman–Crippen MR) is 78.1 cm³/mol. The van der Waals surface area contributed by atoms with Crippen LogP contribution in [0, 0.1) is 0 Å². The van der Waals surface area contributed by atoms with Crippen molar-refractivity contribution in [2.24, 2.45) is 0 Å². The molecular weight excluding hydrogens is 321 g/mol. The van der Waals surface area contributed by atoms with Gasteiger partial charge in [0.2, 0.25) is 0 Å². The first-order chi connectivity index (χ1) is 9.42. The Bertz CT molecular complexity index is 732.